The minimum atomic E-state index is -0.0182. The van der Waals surface area contributed by atoms with Crippen molar-refractivity contribution in [2.75, 3.05) is 5.32 Å². The average Bonchev–Trinajstić information content (AvgIpc) is 3.20. The van der Waals surface area contributed by atoms with Crippen LogP contribution in [-0.4, -0.2) is 19.6 Å². The third-order valence-corrected chi connectivity index (χ3v) is 4.41. The van der Waals surface area contributed by atoms with Crippen molar-refractivity contribution < 1.29 is 0 Å². The molecule has 4 rings (SSSR count). The third-order valence-electron chi connectivity index (χ3n) is 4.41. The lowest BCUT2D eigenvalue weighted by Crippen LogP contribution is -2.20. The van der Waals surface area contributed by atoms with Gasteiger partial charge in [-0.25, -0.2) is 4.98 Å². The molecule has 1 aliphatic carbocycles. The summed E-state index contributed by atoms with van der Waals surface area (Å²) in [5, 5.41) is 6.23. The van der Waals surface area contributed by atoms with Crippen LogP contribution in [0.2, 0.25) is 0 Å². The van der Waals surface area contributed by atoms with Gasteiger partial charge in [-0.1, -0.05) is 31.2 Å². The van der Waals surface area contributed by atoms with E-state index in [-0.39, 0.29) is 5.56 Å². The van der Waals surface area contributed by atoms with Crippen molar-refractivity contribution in [1.82, 2.24) is 19.6 Å². The SMILES string of the molecule is CCc1ccc(CNc2nc3nc4c(c(=O)n3[nH]2)CCC4)cc1. The fourth-order valence-corrected chi connectivity index (χ4v) is 3.04. The van der Waals surface area contributed by atoms with E-state index in [4.69, 9.17) is 0 Å². The van der Waals surface area contributed by atoms with Crippen LogP contribution < -0.4 is 10.9 Å². The number of aryl methyl sites for hydroxylation is 2. The van der Waals surface area contributed by atoms with E-state index in [0.29, 0.717) is 18.3 Å². The number of nitrogens with one attached hydrogen (secondary N) is 2. The Kier molecular flexibility index (Phi) is 3.37. The predicted octanol–water partition coefficient (Wildman–Crippen LogP) is 2.08. The topological polar surface area (TPSA) is 75.1 Å². The molecule has 6 nitrogen and oxygen atoms in total. The van der Waals surface area contributed by atoms with Gasteiger partial charge in [-0.05, 0) is 36.8 Å². The lowest BCUT2D eigenvalue weighted by molar-refractivity contribution is 0.868. The van der Waals surface area contributed by atoms with Crippen LogP contribution in [0.25, 0.3) is 5.78 Å². The number of aromatic nitrogens is 4. The number of H-pyrrole nitrogens is 1. The van der Waals surface area contributed by atoms with Gasteiger partial charge in [0.1, 0.15) is 0 Å². The van der Waals surface area contributed by atoms with Crippen LogP contribution in [0, 0.1) is 0 Å². The molecule has 0 amide bonds. The van der Waals surface area contributed by atoms with Gasteiger partial charge in [0, 0.05) is 12.1 Å². The molecule has 0 radical (unpaired) electrons. The molecule has 0 bridgehead atoms. The molecule has 3 aromatic rings. The van der Waals surface area contributed by atoms with E-state index in [2.05, 4.69) is 51.6 Å². The smallest absolute Gasteiger partial charge is 0.277 e. The van der Waals surface area contributed by atoms with Gasteiger partial charge in [-0.3, -0.25) is 9.89 Å². The standard InChI is InChI=1S/C17H19N5O/c1-2-11-6-8-12(9-7-11)10-18-16-20-17-19-14-5-3-4-13(14)15(23)22(17)21-16/h6-9H,2-5,10H2,1H3,(H2,18,19,20,21). The largest absolute Gasteiger partial charge is 0.351 e. The molecule has 2 aromatic heterocycles. The van der Waals surface area contributed by atoms with E-state index in [1.165, 1.54) is 15.6 Å². The molecule has 23 heavy (non-hydrogen) atoms. The van der Waals surface area contributed by atoms with Gasteiger partial charge in [-0.15, -0.1) is 0 Å². The molecule has 0 spiro atoms. The summed E-state index contributed by atoms with van der Waals surface area (Å²) >= 11 is 0. The van der Waals surface area contributed by atoms with E-state index >= 15 is 0 Å². The highest BCUT2D eigenvalue weighted by Crippen LogP contribution is 2.17. The first-order valence-electron chi connectivity index (χ1n) is 8.07. The van der Waals surface area contributed by atoms with Crippen molar-refractivity contribution in [3.63, 3.8) is 0 Å². The highest BCUT2D eigenvalue weighted by Gasteiger charge is 2.19. The van der Waals surface area contributed by atoms with Crippen LogP contribution in [0.3, 0.4) is 0 Å². The molecule has 0 unspecified atom stereocenters. The third kappa shape index (κ3) is 2.50. The Morgan fingerprint density at radius 2 is 1.96 bits per heavy atom. The number of aromatic amines is 1. The van der Waals surface area contributed by atoms with E-state index in [9.17, 15) is 4.79 Å². The molecule has 0 saturated carbocycles. The van der Waals surface area contributed by atoms with Gasteiger partial charge >= 0.3 is 0 Å². The van der Waals surface area contributed by atoms with Gasteiger partial charge in [0.2, 0.25) is 5.95 Å². The second kappa shape index (κ2) is 5.53. The molecule has 0 aliphatic heterocycles. The van der Waals surface area contributed by atoms with Gasteiger partial charge < -0.3 is 5.32 Å². The van der Waals surface area contributed by atoms with Crippen molar-refractivity contribution in [2.24, 2.45) is 0 Å². The maximum absolute atomic E-state index is 12.4. The number of fused-ring (bicyclic) bond motifs is 2. The lowest BCUT2D eigenvalue weighted by Gasteiger charge is -2.03. The van der Waals surface area contributed by atoms with E-state index < -0.39 is 0 Å². The maximum Gasteiger partial charge on any atom is 0.277 e. The minimum absolute atomic E-state index is 0.0182. The Balaban J connectivity index is 1.57. The zero-order valence-electron chi connectivity index (χ0n) is 13.1. The van der Waals surface area contributed by atoms with E-state index in [1.54, 1.807) is 0 Å². The number of anilines is 1. The molecule has 1 aliphatic rings. The van der Waals surface area contributed by atoms with Crippen LogP contribution in [-0.2, 0) is 25.8 Å². The maximum atomic E-state index is 12.4. The van der Waals surface area contributed by atoms with Gasteiger partial charge in [0.05, 0.1) is 5.69 Å². The average molecular weight is 309 g/mol. The summed E-state index contributed by atoms with van der Waals surface area (Å²) in [7, 11) is 0. The molecule has 0 saturated heterocycles. The highest BCUT2D eigenvalue weighted by atomic mass is 16.1. The molecule has 2 N–H and O–H groups in total. The zero-order chi connectivity index (χ0) is 15.8. The fraction of sp³-hybridized carbons (Fsp3) is 0.353. The fourth-order valence-electron chi connectivity index (χ4n) is 3.04. The Bertz CT molecular complexity index is 907. The van der Waals surface area contributed by atoms with Crippen molar-refractivity contribution >= 4 is 11.7 Å². The molecular weight excluding hydrogens is 290 g/mol. The molecular formula is C17H19N5O. The molecule has 0 atom stereocenters. The number of rotatable bonds is 4. The van der Waals surface area contributed by atoms with Gasteiger partial charge in [-0.2, -0.15) is 9.50 Å². The summed E-state index contributed by atoms with van der Waals surface area (Å²) in [5.41, 5.74) is 4.21. The highest BCUT2D eigenvalue weighted by molar-refractivity contribution is 5.40. The van der Waals surface area contributed by atoms with Crippen LogP contribution in [0.5, 0.6) is 0 Å². The van der Waals surface area contributed by atoms with Crippen LogP contribution >= 0.6 is 0 Å². The Hall–Kier alpha value is -2.63. The van der Waals surface area contributed by atoms with Gasteiger partial charge in [0.15, 0.2) is 0 Å². The Morgan fingerprint density at radius 3 is 2.74 bits per heavy atom. The zero-order valence-corrected chi connectivity index (χ0v) is 13.1. The first-order valence-corrected chi connectivity index (χ1v) is 8.07. The summed E-state index contributed by atoms with van der Waals surface area (Å²) in [6.07, 6.45) is 3.73. The number of nitrogens with zero attached hydrogens (tertiary/aromatic N) is 3. The summed E-state index contributed by atoms with van der Waals surface area (Å²) in [4.78, 5) is 21.3. The van der Waals surface area contributed by atoms with Gasteiger partial charge in [0.25, 0.3) is 11.3 Å². The Morgan fingerprint density at radius 1 is 1.17 bits per heavy atom. The van der Waals surface area contributed by atoms with E-state index in [0.717, 1.165) is 36.9 Å². The summed E-state index contributed by atoms with van der Waals surface area (Å²) in [6.45, 7) is 2.79. The number of hydrogen-bond donors (Lipinski definition) is 2. The molecule has 2 heterocycles. The van der Waals surface area contributed by atoms with E-state index in [1.807, 2.05) is 0 Å². The van der Waals surface area contributed by atoms with Crippen LogP contribution in [0.4, 0.5) is 5.95 Å². The summed E-state index contributed by atoms with van der Waals surface area (Å²) in [6, 6.07) is 8.47. The second-order valence-corrected chi connectivity index (χ2v) is 5.93. The summed E-state index contributed by atoms with van der Waals surface area (Å²) < 4.78 is 1.44. The minimum Gasteiger partial charge on any atom is -0.351 e. The number of benzene rings is 1. The Labute approximate surface area is 133 Å². The van der Waals surface area contributed by atoms with Crippen molar-refractivity contribution in [2.45, 2.75) is 39.2 Å². The second-order valence-electron chi connectivity index (χ2n) is 5.93. The molecule has 0 fully saturated rings. The molecule has 1 aromatic carbocycles. The predicted molar refractivity (Wildman–Crippen MR) is 88.8 cm³/mol. The summed E-state index contributed by atoms with van der Waals surface area (Å²) in [5.74, 6) is 1.01. The van der Waals surface area contributed by atoms with Crippen molar-refractivity contribution in [3.8, 4) is 0 Å². The first kappa shape index (κ1) is 14.0. The quantitative estimate of drug-likeness (QED) is 0.774. The monoisotopic (exact) mass is 309 g/mol. The van der Waals surface area contributed by atoms with Crippen molar-refractivity contribution in [1.29, 1.82) is 0 Å². The normalized spacial score (nSPS) is 13.4. The van der Waals surface area contributed by atoms with Crippen molar-refractivity contribution in [3.05, 3.63) is 57.0 Å². The first-order chi connectivity index (χ1) is 11.2. The van der Waals surface area contributed by atoms with Crippen LogP contribution in [0.1, 0.15) is 35.7 Å². The molecule has 118 valence electrons. The lowest BCUT2D eigenvalue weighted by atomic mass is 10.1. The molecule has 6 heteroatoms. The van der Waals surface area contributed by atoms with Crippen LogP contribution in [0.15, 0.2) is 29.1 Å². The number of hydrogen-bond acceptors (Lipinski definition) is 4.